The zero-order chi connectivity index (χ0) is 22.8. The summed E-state index contributed by atoms with van der Waals surface area (Å²) in [5.74, 6) is 0.646. The molecule has 1 aliphatic rings. The number of rotatable bonds is 5. The molecule has 1 fully saturated rings. The predicted octanol–water partition coefficient (Wildman–Crippen LogP) is 5.09. The molecule has 2 amide bonds. The van der Waals surface area contributed by atoms with E-state index in [4.69, 9.17) is 4.42 Å². The lowest BCUT2D eigenvalue weighted by atomic mass is 10.1. The average Bonchev–Trinajstić information content (AvgIpc) is 3.50. The van der Waals surface area contributed by atoms with Crippen molar-refractivity contribution in [2.75, 3.05) is 16.8 Å². The molecule has 0 spiro atoms. The molecule has 0 unspecified atom stereocenters. The highest BCUT2D eigenvalue weighted by Gasteiger charge is 2.24. The first-order valence-corrected chi connectivity index (χ1v) is 10.8. The van der Waals surface area contributed by atoms with E-state index in [-0.39, 0.29) is 11.8 Å². The first-order chi connectivity index (χ1) is 16.1. The van der Waals surface area contributed by atoms with Gasteiger partial charge in [0.25, 0.3) is 5.91 Å². The number of aryl methyl sites for hydroxylation is 1. The van der Waals surface area contributed by atoms with Crippen LogP contribution in [0, 0.1) is 6.92 Å². The van der Waals surface area contributed by atoms with E-state index in [1.165, 1.54) is 0 Å². The van der Waals surface area contributed by atoms with Gasteiger partial charge in [0.2, 0.25) is 17.7 Å². The summed E-state index contributed by atoms with van der Waals surface area (Å²) in [5, 5.41) is 11.2. The Morgan fingerprint density at radius 1 is 0.909 bits per heavy atom. The van der Waals surface area contributed by atoms with Crippen molar-refractivity contribution >= 4 is 23.2 Å². The molecule has 1 aliphatic heterocycles. The van der Waals surface area contributed by atoms with Gasteiger partial charge in [-0.25, -0.2) is 0 Å². The molecule has 1 saturated heterocycles. The van der Waals surface area contributed by atoms with Gasteiger partial charge in [-0.15, -0.1) is 10.2 Å². The summed E-state index contributed by atoms with van der Waals surface area (Å²) in [6.45, 7) is 2.68. The monoisotopic (exact) mass is 438 g/mol. The standard InChI is InChI=1S/C26H22N4O3/c1-17-8-10-19(11-9-17)25-28-29-26(33-25)20-14-12-18(13-15-20)24(32)27-21-5-2-3-6-22(21)30-16-4-7-23(30)31/h2-3,5-6,8-15H,4,7,16H2,1H3,(H,27,32). The second kappa shape index (κ2) is 8.70. The Balaban J connectivity index is 1.32. The zero-order valence-electron chi connectivity index (χ0n) is 18.1. The van der Waals surface area contributed by atoms with Crippen molar-refractivity contribution in [2.24, 2.45) is 0 Å². The zero-order valence-corrected chi connectivity index (χ0v) is 18.1. The molecule has 33 heavy (non-hydrogen) atoms. The van der Waals surface area contributed by atoms with E-state index in [1.54, 1.807) is 35.2 Å². The van der Waals surface area contributed by atoms with Crippen molar-refractivity contribution in [2.45, 2.75) is 19.8 Å². The van der Waals surface area contributed by atoms with Crippen LogP contribution in [0.3, 0.4) is 0 Å². The Labute approximate surface area is 191 Å². The number of para-hydroxylation sites is 2. The van der Waals surface area contributed by atoms with Gasteiger partial charge in [-0.2, -0.15) is 0 Å². The van der Waals surface area contributed by atoms with Gasteiger partial charge in [-0.05, 0) is 61.9 Å². The second-order valence-corrected chi connectivity index (χ2v) is 7.98. The SMILES string of the molecule is Cc1ccc(-c2nnc(-c3ccc(C(=O)Nc4ccccc4N4CCCC4=O)cc3)o2)cc1. The molecule has 0 aliphatic carbocycles. The maximum absolute atomic E-state index is 12.9. The highest BCUT2D eigenvalue weighted by molar-refractivity contribution is 6.08. The van der Waals surface area contributed by atoms with E-state index in [1.807, 2.05) is 49.4 Å². The quantitative estimate of drug-likeness (QED) is 0.469. The fourth-order valence-electron chi connectivity index (χ4n) is 3.83. The van der Waals surface area contributed by atoms with Crippen LogP contribution >= 0.6 is 0 Å². The number of aromatic nitrogens is 2. The third kappa shape index (κ3) is 4.25. The average molecular weight is 438 g/mol. The van der Waals surface area contributed by atoms with Crippen molar-refractivity contribution in [1.29, 1.82) is 0 Å². The van der Waals surface area contributed by atoms with Gasteiger partial charge in [-0.1, -0.05) is 29.8 Å². The van der Waals surface area contributed by atoms with Crippen LogP contribution < -0.4 is 10.2 Å². The maximum atomic E-state index is 12.9. The molecule has 5 rings (SSSR count). The molecule has 0 atom stereocenters. The molecule has 164 valence electrons. The first-order valence-electron chi connectivity index (χ1n) is 10.8. The Morgan fingerprint density at radius 2 is 1.55 bits per heavy atom. The number of anilines is 2. The molecule has 0 saturated carbocycles. The minimum absolute atomic E-state index is 0.0746. The van der Waals surface area contributed by atoms with E-state index in [9.17, 15) is 9.59 Å². The van der Waals surface area contributed by atoms with E-state index in [0.29, 0.717) is 36.0 Å². The molecule has 0 radical (unpaired) electrons. The number of hydrogen-bond acceptors (Lipinski definition) is 5. The smallest absolute Gasteiger partial charge is 0.255 e. The molecule has 2 heterocycles. The van der Waals surface area contributed by atoms with Crippen LogP contribution in [0.15, 0.2) is 77.2 Å². The van der Waals surface area contributed by atoms with Crippen LogP contribution in [0.4, 0.5) is 11.4 Å². The van der Waals surface area contributed by atoms with Crippen molar-refractivity contribution in [3.8, 4) is 22.9 Å². The predicted molar refractivity (Wildman–Crippen MR) is 126 cm³/mol. The summed E-state index contributed by atoms with van der Waals surface area (Å²) in [7, 11) is 0. The molecular formula is C26H22N4O3. The number of carbonyl (C=O) groups is 2. The summed E-state index contributed by atoms with van der Waals surface area (Å²) in [6, 6.07) is 22.2. The number of amides is 2. The summed E-state index contributed by atoms with van der Waals surface area (Å²) >= 11 is 0. The molecule has 1 aromatic heterocycles. The Kier molecular flexibility index (Phi) is 5.44. The van der Waals surface area contributed by atoms with Gasteiger partial charge >= 0.3 is 0 Å². The van der Waals surface area contributed by atoms with Crippen molar-refractivity contribution in [3.63, 3.8) is 0 Å². The van der Waals surface area contributed by atoms with Crippen LogP contribution in [0.2, 0.25) is 0 Å². The van der Waals surface area contributed by atoms with Crippen molar-refractivity contribution < 1.29 is 14.0 Å². The Bertz CT molecular complexity index is 1310. The van der Waals surface area contributed by atoms with Crippen LogP contribution in [-0.2, 0) is 4.79 Å². The summed E-state index contributed by atoms with van der Waals surface area (Å²) in [5.41, 5.74) is 4.55. The van der Waals surface area contributed by atoms with E-state index in [2.05, 4.69) is 15.5 Å². The largest absolute Gasteiger partial charge is 0.416 e. The molecular weight excluding hydrogens is 416 g/mol. The lowest BCUT2D eigenvalue weighted by Crippen LogP contribution is -2.25. The van der Waals surface area contributed by atoms with Crippen LogP contribution in [-0.4, -0.2) is 28.6 Å². The second-order valence-electron chi connectivity index (χ2n) is 7.98. The van der Waals surface area contributed by atoms with Gasteiger partial charge in [-0.3, -0.25) is 9.59 Å². The van der Waals surface area contributed by atoms with Crippen LogP contribution in [0.25, 0.3) is 22.9 Å². The Hall–Kier alpha value is -4.26. The fourth-order valence-corrected chi connectivity index (χ4v) is 3.83. The number of hydrogen-bond donors (Lipinski definition) is 1. The number of benzene rings is 3. The normalized spacial score (nSPS) is 13.4. The molecule has 7 nitrogen and oxygen atoms in total. The highest BCUT2D eigenvalue weighted by Crippen LogP contribution is 2.30. The third-order valence-electron chi connectivity index (χ3n) is 5.63. The Morgan fingerprint density at radius 3 is 2.18 bits per heavy atom. The summed E-state index contributed by atoms with van der Waals surface area (Å²) in [6.07, 6.45) is 1.36. The molecule has 4 aromatic rings. The minimum atomic E-state index is -0.258. The van der Waals surface area contributed by atoms with Gasteiger partial charge in [0, 0.05) is 29.7 Å². The summed E-state index contributed by atoms with van der Waals surface area (Å²) < 4.78 is 5.81. The van der Waals surface area contributed by atoms with Gasteiger partial charge in [0.05, 0.1) is 11.4 Å². The summed E-state index contributed by atoms with van der Waals surface area (Å²) in [4.78, 5) is 26.7. The van der Waals surface area contributed by atoms with E-state index in [0.717, 1.165) is 28.8 Å². The third-order valence-corrected chi connectivity index (χ3v) is 5.63. The lowest BCUT2D eigenvalue weighted by Gasteiger charge is -2.20. The molecule has 3 aromatic carbocycles. The van der Waals surface area contributed by atoms with Gasteiger partial charge in [0.15, 0.2) is 0 Å². The molecule has 7 heteroatoms. The number of nitrogens with zero attached hydrogens (tertiary/aromatic N) is 3. The van der Waals surface area contributed by atoms with Crippen molar-refractivity contribution in [3.05, 3.63) is 83.9 Å². The van der Waals surface area contributed by atoms with Crippen molar-refractivity contribution in [1.82, 2.24) is 10.2 Å². The lowest BCUT2D eigenvalue weighted by molar-refractivity contribution is -0.117. The molecule has 1 N–H and O–H groups in total. The number of carbonyl (C=O) groups excluding carboxylic acids is 2. The van der Waals surface area contributed by atoms with E-state index < -0.39 is 0 Å². The van der Waals surface area contributed by atoms with Crippen LogP contribution in [0.5, 0.6) is 0 Å². The van der Waals surface area contributed by atoms with Crippen LogP contribution in [0.1, 0.15) is 28.8 Å². The topological polar surface area (TPSA) is 88.3 Å². The fraction of sp³-hybridized carbons (Fsp3) is 0.154. The van der Waals surface area contributed by atoms with Gasteiger partial charge < -0.3 is 14.6 Å². The highest BCUT2D eigenvalue weighted by atomic mass is 16.4. The minimum Gasteiger partial charge on any atom is -0.416 e. The molecule has 0 bridgehead atoms. The maximum Gasteiger partial charge on any atom is 0.255 e. The van der Waals surface area contributed by atoms with E-state index >= 15 is 0 Å². The number of nitrogens with one attached hydrogen (secondary N) is 1. The van der Waals surface area contributed by atoms with Gasteiger partial charge in [0.1, 0.15) is 0 Å². The first kappa shape index (κ1) is 20.6.